The van der Waals surface area contributed by atoms with Crippen LogP contribution in [-0.2, 0) is 6.73 Å². The summed E-state index contributed by atoms with van der Waals surface area (Å²) in [4.78, 5) is 0. The third-order valence-corrected chi connectivity index (χ3v) is 3.19. The third kappa shape index (κ3) is 3.06. The highest BCUT2D eigenvalue weighted by Crippen LogP contribution is 2.28. The molecule has 0 fully saturated rings. The Balaban J connectivity index is 2.08. The van der Waals surface area contributed by atoms with Crippen LogP contribution in [-0.4, -0.2) is 0 Å². The molecule has 0 aliphatic heterocycles. The van der Waals surface area contributed by atoms with Crippen molar-refractivity contribution >= 4 is 31.9 Å². The molecule has 2 aromatic rings. The van der Waals surface area contributed by atoms with E-state index in [0.717, 1.165) is 14.7 Å². The molecule has 0 saturated heterocycles. The van der Waals surface area contributed by atoms with Gasteiger partial charge in [-0.3, -0.25) is 0 Å². The second-order valence-electron chi connectivity index (χ2n) is 3.24. The first kappa shape index (κ1) is 11.6. The van der Waals surface area contributed by atoms with Crippen LogP contribution in [0.5, 0.6) is 5.75 Å². The Hall–Kier alpha value is -0.870. The monoisotopic (exact) mass is 342 g/mol. The highest BCUT2D eigenvalue weighted by atomic mass is 79.9. The Morgan fingerprint density at radius 2 is 1.81 bits per heavy atom. The molecule has 82 valence electrons. The Morgan fingerprint density at radius 3 is 2.56 bits per heavy atom. The summed E-state index contributed by atoms with van der Waals surface area (Å²) in [6.45, 7) is 0.496. The molecule has 0 aliphatic rings. The standard InChI is InChI=1S/C12H10Br2NO/c13-10-4-5-11(14)12(8-10)16-9-15-6-2-1-3-7-15/h1-8H,9H2/q+1. The lowest BCUT2D eigenvalue weighted by Crippen LogP contribution is -2.35. The van der Waals surface area contributed by atoms with Crippen molar-refractivity contribution < 1.29 is 9.30 Å². The van der Waals surface area contributed by atoms with E-state index in [1.54, 1.807) is 0 Å². The van der Waals surface area contributed by atoms with Crippen molar-refractivity contribution in [3.63, 3.8) is 0 Å². The first-order valence-corrected chi connectivity index (χ1v) is 6.36. The van der Waals surface area contributed by atoms with E-state index < -0.39 is 0 Å². The molecule has 16 heavy (non-hydrogen) atoms. The van der Waals surface area contributed by atoms with Gasteiger partial charge in [0, 0.05) is 16.6 Å². The number of hydrogen-bond acceptors (Lipinski definition) is 1. The fraction of sp³-hybridized carbons (Fsp3) is 0.0833. The second-order valence-corrected chi connectivity index (χ2v) is 5.01. The highest BCUT2D eigenvalue weighted by Gasteiger charge is 2.04. The smallest absolute Gasteiger partial charge is 0.292 e. The van der Waals surface area contributed by atoms with Crippen LogP contribution in [0.4, 0.5) is 0 Å². The van der Waals surface area contributed by atoms with Gasteiger partial charge in [-0.2, -0.15) is 4.57 Å². The molecule has 2 rings (SSSR count). The lowest BCUT2D eigenvalue weighted by Gasteiger charge is -2.05. The van der Waals surface area contributed by atoms with E-state index in [1.165, 1.54) is 0 Å². The van der Waals surface area contributed by atoms with Crippen LogP contribution in [0.15, 0.2) is 57.7 Å². The predicted octanol–water partition coefficient (Wildman–Crippen LogP) is 3.54. The molecule has 2 nitrogen and oxygen atoms in total. The molecule has 1 heterocycles. The topological polar surface area (TPSA) is 13.1 Å². The number of rotatable bonds is 3. The van der Waals surface area contributed by atoms with Gasteiger partial charge in [-0.05, 0) is 34.1 Å². The molecule has 0 unspecified atom stereocenters. The molecule has 0 bridgehead atoms. The second kappa shape index (κ2) is 5.46. The summed E-state index contributed by atoms with van der Waals surface area (Å²) in [5.41, 5.74) is 0. The van der Waals surface area contributed by atoms with Crippen LogP contribution in [0.2, 0.25) is 0 Å². The lowest BCUT2D eigenvalue weighted by molar-refractivity contribution is -0.724. The summed E-state index contributed by atoms with van der Waals surface area (Å²) in [7, 11) is 0. The first-order chi connectivity index (χ1) is 7.75. The summed E-state index contributed by atoms with van der Waals surface area (Å²) in [6, 6.07) is 11.8. The fourth-order valence-electron chi connectivity index (χ4n) is 1.25. The van der Waals surface area contributed by atoms with E-state index in [2.05, 4.69) is 31.9 Å². The summed E-state index contributed by atoms with van der Waals surface area (Å²) >= 11 is 6.86. The van der Waals surface area contributed by atoms with E-state index in [4.69, 9.17) is 4.74 Å². The van der Waals surface area contributed by atoms with Crippen LogP contribution in [0.1, 0.15) is 0 Å². The zero-order chi connectivity index (χ0) is 11.4. The largest absolute Gasteiger partial charge is 0.435 e. The number of hydrogen-bond donors (Lipinski definition) is 0. The molecule has 0 N–H and O–H groups in total. The van der Waals surface area contributed by atoms with Crippen LogP contribution in [0.3, 0.4) is 0 Å². The molecule has 0 aliphatic carbocycles. The van der Waals surface area contributed by atoms with Crippen molar-refractivity contribution in [3.05, 3.63) is 57.7 Å². The van der Waals surface area contributed by atoms with Gasteiger partial charge in [-0.25, -0.2) is 0 Å². The SMILES string of the molecule is Brc1ccc(Br)c(OC[n+]2ccccc2)c1. The minimum absolute atomic E-state index is 0.496. The van der Waals surface area contributed by atoms with Gasteiger partial charge in [0.1, 0.15) is 5.75 Å². The van der Waals surface area contributed by atoms with Crippen LogP contribution in [0, 0.1) is 0 Å². The molecule has 0 atom stereocenters. The first-order valence-electron chi connectivity index (χ1n) is 4.77. The van der Waals surface area contributed by atoms with Gasteiger partial charge in [-0.15, -0.1) is 0 Å². The minimum Gasteiger partial charge on any atom is -0.435 e. The maximum Gasteiger partial charge on any atom is 0.292 e. The summed E-state index contributed by atoms with van der Waals surface area (Å²) < 4.78 is 9.61. The van der Waals surface area contributed by atoms with Crippen molar-refractivity contribution in [1.82, 2.24) is 0 Å². The molecule has 4 heteroatoms. The molecule has 0 radical (unpaired) electrons. The van der Waals surface area contributed by atoms with Crippen molar-refractivity contribution in [2.45, 2.75) is 6.73 Å². The molecule has 0 saturated carbocycles. The van der Waals surface area contributed by atoms with Gasteiger partial charge >= 0.3 is 0 Å². The number of aromatic nitrogens is 1. The van der Waals surface area contributed by atoms with Crippen molar-refractivity contribution in [3.8, 4) is 5.75 Å². The summed E-state index contributed by atoms with van der Waals surface area (Å²) in [5.74, 6) is 0.825. The third-order valence-electron chi connectivity index (χ3n) is 2.04. The Bertz CT molecular complexity index is 474. The van der Waals surface area contributed by atoms with Gasteiger partial charge in [0.2, 0.25) is 0 Å². The molecule has 1 aromatic carbocycles. The Labute approximate surface area is 111 Å². The van der Waals surface area contributed by atoms with Crippen molar-refractivity contribution in [2.24, 2.45) is 0 Å². The van der Waals surface area contributed by atoms with E-state index in [0.29, 0.717) is 6.73 Å². The lowest BCUT2D eigenvalue weighted by atomic mass is 10.3. The summed E-state index contributed by atoms with van der Waals surface area (Å²) in [5, 5.41) is 0. The normalized spacial score (nSPS) is 10.1. The Kier molecular flexibility index (Phi) is 3.96. The zero-order valence-corrected chi connectivity index (χ0v) is 11.6. The molecular formula is C12H10Br2NO+. The van der Waals surface area contributed by atoms with Gasteiger partial charge in [-0.1, -0.05) is 22.0 Å². The highest BCUT2D eigenvalue weighted by molar-refractivity contribution is 9.11. The van der Waals surface area contributed by atoms with Crippen LogP contribution < -0.4 is 9.30 Å². The van der Waals surface area contributed by atoms with Crippen molar-refractivity contribution in [1.29, 1.82) is 0 Å². The van der Waals surface area contributed by atoms with E-state index in [1.807, 2.05) is 53.4 Å². The average Bonchev–Trinajstić information content (AvgIpc) is 2.32. The van der Waals surface area contributed by atoms with E-state index in [-0.39, 0.29) is 0 Å². The number of pyridine rings is 1. The maximum absolute atomic E-state index is 5.69. The summed E-state index contributed by atoms with van der Waals surface area (Å²) in [6.07, 6.45) is 3.93. The van der Waals surface area contributed by atoms with Gasteiger partial charge in [0.15, 0.2) is 12.4 Å². The average molecular weight is 344 g/mol. The van der Waals surface area contributed by atoms with Crippen molar-refractivity contribution in [2.75, 3.05) is 0 Å². The Morgan fingerprint density at radius 1 is 1.06 bits per heavy atom. The molecular weight excluding hydrogens is 334 g/mol. The van der Waals surface area contributed by atoms with E-state index >= 15 is 0 Å². The van der Waals surface area contributed by atoms with Gasteiger partial charge in [0.05, 0.1) is 4.47 Å². The molecule has 1 aromatic heterocycles. The molecule has 0 spiro atoms. The van der Waals surface area contributed by atoms with E-state index in [9.17, 15) is 0 Å². The number of benzene rings is 1. The quantitative estimate of drug-likeness (QED) is 0.777. The predicted molar refractivity (Wildman–Crippen MR) is 69.1 cm³/mol. The van der Waals surface area contributed by atoms with Crippen LogP contribution in [0.25, 0.3) is 0 Å². The number of ether oxygens (including phenoxy) is 1. The number of nitrogens with zero attached hydrogens (tertiary/aromatic N) is 1. The van der Waals surface area contributed by atoms with Gasteiger partial charge in [0.25, 0.3) is 6.73 Å². The zero-order valence-electron chi connectivity index (χ0n) is 8.44. The van der Waals surface area contributed by atoms with Crippen LogP contribution >= 0.6 is 31.9 Å². The molecule has 0 amide bonds. The minimum atomic E-state index is 0.496. The fourth-order valence-corrected chi connectivity index (χ4v) is 1.95. The van der Waals surface area contributed by atoms with Gasteiger partial charge < -0.3 is 4.74 Å². The maximum atomic E-state index is 5.69. The number of halogens is 2.